The molecule has 0 atom stereocenters. The summed E-state index contributed by atoms with van der Waals surface area (Å²) in [5, 5.41) is 7.32. The molecule has 0 unspecified atom stereocenters. The van der Waals surface area contributed by atoms with Gasteiger partial charge in [-0.1, -0.05) is 42.5 Å². The molecule has 1 amide bonds. The van der Waals surface area contributed by atoms with Gasteiger partial charge in [0.15, 0.2) is 5.82 Å². The highest BCUT2D eigenvalue weighted by molar-refractivity contribution is 5.90. The molecule has 162 valence electrons. The van der Waals surface area contributed by atoms with Crippen molar-refractivity contribution in [3.8, 4) is 23.1 Å². The van der Waals surface area contributed by atoms with Gasteiger partial charge in [-0.3, -0.25) is 4.79 Å². The second-order valence-electron chi connectivity index (χ2n) is 7.15. The first-order valence-electron chi connectivity index (χ1n) is 10.4. The Morgan fingerprint density at radius 1 is 1.03 bits per heavy atom. The van der Waals surface area contributed by atoms with E-state index in [-0.39, 0.29) is 17.7 Å². The fourth-order valence-corrected chi connectivity index (χ4v) is 3.29. The summed E-state index contributed by atoms with van der Waals surface area (Å²) in [6.45, 7) is 2.26. The van der Waals surface area contributed by atoms with Crippen LogP contribution >= 0.6 is 0 Å². The lowest BCUT2D eigenvalue weighted by atomic mass is 10.1. The highest BCUT2D eigenvalue weighted by Gasteiger charge is 2.15. The first-order valence-corrected chi connectivity index (χ1v) is 10.4. The fourth-order valence-electron chi connectivity index (χ4n) is 3.29. The van der Waals surface area contributed by atoms with Crippen molar-refractivity contribution >= 4 is 11.6 Å². The van der Waals surface area contributed by atoms with Crippen LogP contribution < -0.4 is 10.1 Å². The molecular formula is C25H23FN4O2. The fraction of sp³-hybridized carbons (Fsp3) is 0.160. The smallest absolute Gasteiger partial charge is 0.336 e. The number of aromatic nitrogens is 3. The lowest BCUT2D eigenvalue weighted by Gasteiger charge is -2.09. The summed E-state index contributed by atoms with van der Waals surface area (Å²) in [5.74, 6) is 0.0533. The van der Waals surface area contributed by atoms with Crippen molar-refractivity contribution < 1.29 is 13.9 Å². The summed E-state index contributed by atoms with van der Waals surface area (Å²) < 4.78 is 20.8. The molecule has 0 aliphatic carbocycles. The van der Waals surface area contributed by atoms with Gasteiger partial charge in [-0.05, 0) is 55.3 Å². The van der Waals surface area contributed by atoms with Crippen molar-refractivity contribution in [2.45, 2.75) is 19.8 Å². The monoisotopic (exact) mass is 430 g/mol. The topological polar surface area (TPSA) is 69.0 Å². The first-order chi connectivity index (χ1) is 15.6. The van der Waals surface area contributed by atoms with Crippen molar-refractivity contribution in [1.82, 2.24) is 14.8 Å². The second-order valence-corrected chi connectivity index (χ2v) is 7.15. The molecule has 4 rings (SSSR count). The number of aryl methyl sites for hydroxylation is 1. The molecule has 0 saturated carbocycles. The largest absolute Gasteiger partial charge is 0.463 e. The predicted molar refractivity (Wildman–Crippen MR) is 121 cm³/mol. The first kappa shape index (κ1) is 21.2. The third kappa shape index (κ3) is 5.18. The van der Waals surface area contributed by atoms with E-state index in [0.29, 0.717) is 42.2 Å². The van der Waals surface area contributed by atoms with Gasteiger partial charge in [0.25, 0.3) is 0 Å². The zero-order chi connectivity index (χ0) is 22.3. The van der Waals surface area contributed by atoms with E-state index < -0.39 is 0 Å². The van der Waals surface area contributed by atoms with Crippen LogP contribution in [0.5, 0.6) is 6.01 Å². The Bertz CT molecular complexity index is 1190. The van der Waals surface area contributed by atoms with Gasteiger partial charge in [-0.15, -0.1) is 5.10 Å². The molecule has 7 heteroatoms. The van der Waals surface area contributed by atoms with Crippen LogP contribution in [0, 0.1) is 5.82 Å². The predicted octanol–water partition coefficient (Wildman–Crippen LogP) is 5.04. The summed E-state index contributed by atoms with van der Waals surface area (Å²) >= 11 is 0. The number of nitrogens with one attached hydrogen (secondary N) is 1. The minimum Gasteiger partial charge on any atom is -0.463 e. The Balaban J connectivity index is 1.50. The van der Waals surface area contributed by atoms with Crippen molar-refractivity contribution in [2.75, 3.05) is 11.9 Å². The average molecular weight is 430 g/mol. The van der Waals surface area contributed by atoms with Crippen molar-refractivity contribution in [2.24, 2.45) is 0 Å². The van der Waals surface area contributed by atoms with Crippen LogP contribution in [0.4, 0.5) is 10.1 Å². The third-order valence-corrected chi connectivity index (χ3v) is 4.82. The maximum absolute atomic E-state index is 13.8. The number of amides is 1. The Morgan fingerprint density at radius 2 is 1.81 bits per heavy atom. The van der Waals surface area contributed by atoms with Crippen LogP contribution in [0.2, 0.25) is 0 Å². The number of rotatable bonds is 8. The highest BCUT2D eigenvalue weighted by atomic mass is 19.1. The van der Waals surface area contributed by atoms with E-state index in [2.05, 4.69) is 15.4 Å². The molecule has 3 aromatic carbocycles. The van der Waals surface area contributed by atoms with E-state index in [0.717, 1.165) is 5.56 Å². The quantitative estimate of drug-likeness (QED) is 0.425. The molecule has 0 fully saturated rings. The van der Waals surface area contributed by atoms with E-state index >= 15 is 0 Å². The lowest BCUT2D eigenvalue weighted by Crippen LogP contribution is -2.12. The summed E-state index contributed by atoms with van der Waals surface area (Å²) in [4.78, 5) is 16.7. The van der Waals surface area contributed by atoms with Crippen LogP contribution in [0.25, 0.3) is 17.1 Å². The molecule has 1 N–H and O–H groups in total. The number of hydrogen-bond donors (Lipinski definition) is 1. The molecule has 0 spiro atoms. The van der Waals surface area contributed by atoms with Gasteiger partial charge in [0.05, 0.1) is 12.3 Å². The van der Waals surface area contributed by atoms with E-state index in [9.17, 15) is 9.18 Å². The number of carbonyl (C=O) groups excluding carboxylic acids is 1. The molecule has 0 saturated heterocycles. The molecule has 6 nitrogen and oxygen atoms in total. The van der Waals surface area contributed by atoms with Crippen LogP contribution in [-0.4, -0.2) is 27.3 Å². The Kier molecular flexibility index (Phi) is 6.55. The summed E-state index contributed by atoms with van der Waals surface area (Å²) in [7, 11) is 0. The van der Waals surface area contributed by atoms with Gasteiger partial charge in [-0.2, -0.15) is 4.98 Å². The van der Waals surface area contributed by atoms with Crippen LogP contribution in [-0.2, 0) is 11.2 Å². The summed E-state index contributed by atoms with van der Waals surface area (Å²) in [6, 6.07) is 23.5. The van der Waals surface area contributed by atoms with Crippen molar-refractivity contribution in [3.63, 3.8) is 0 Å². The van der Waals surface area contributed by atoms with Crippen molar-refractivity contribution in [3.05, 3.63) is 90.2 Å². The molecular weight excluding hydrogens is 407 g/mol. The highest BCUT2D eigenvalue weighted by Crippen LogP contribution is 2.25. The van der Waals surface area contributed by atoms with Gasteiger partial charge < -0.3 is 10.1 Å². The number of hydrogen-bond acceptors (Lipinski definition) is 4. The Hall–Kier alpha value is -4.00. The van der Waals surface area contributed by atoms with E-state index in [1.54, 1.807) is 28.9 Å². The van der Waals surface area contributed by atoms with Crippen LogP contribution in [0.1, 0.15) is 18.9 Å². The maximum atomic E-state index is 13.8. The Labute approximate surface area is 185 Å². The van der Waals surface area contributed by atoms with Gasteiger partial charge >= 0.3 is 6.01 Å². The van der Waals surface area contributed by atoms with Gasteiger partial charge in [-0.25, -0.2) is 9.07 Å². The molecule has 0 aliphatic rings. The Morgan fingerprint density at radius 3 is 2.53 bits per heavy atom. The summed E-state index contributed by atoms with van der Waals surface area (Å²) in [5.41, 5.74) is 3.11. The number of carbonyl (C=O) groups is 1. The number of ether oxygens (including phenoxy) is 1. The molecule has 32 heavy (non-hydrogen) atoms. The zero-order valence-electron chi connectivity index (χ0n) is 17.7. The van der Waals surface area contributed by atoms with Crippen LogP contribution in [0.15, 0.2) is 78.9 Å². The van der Waals surface area contributed by atoms with Crippen molar-refractivity contribution in [1.29, 1.82) is 0 Å². The second kappa shape index (κ2) is 9.87. The van der Waals surface area contributed by atoms with Gasteiger partial charge in [0, 0.05) is 17.7 Å². The zero-order valence-corrected chi connectivity index (χ0v) is 17.7. The third-order valence-electron chi connectivity index (χ3n) is 4.82. The van der Waals surface area contributed by atoms with E-state index in [1.165, 1.54) is 12.1 Å². The molecule has 0 aliphatic heterocycles. The van der Waals surface area contributed by atoms with Gasteiger partial charge in [0.1, 0.15) is 5.82 Å². The molecule has 1 heterocycles. The van der Waals surface area contributed by atoms with Gasteiger partial charge in [0.2, 0.25) is 5.91 Å². The average Bonchev–Trinajstić information content (AvgIpc) is 3.23. The minimum absolute atomic E-state index is 0.0542. The molecule has 0 radical (unpaired) electrons. The van der Waals surface area contributed by atoms with E-state index in [1.807, 2.05) is 49.4 Å². The molecule has 4 aromatic rings. The number of anilines is 1. The van der Waals surface area contributed by atoms with E-state index in [4.69, 9.17) is 4.74 Å². The number of halogens is 1. The molecule has 0 bridgehead atoms. The normalized spacial score (nSPS) is 10.7. The van der Waals surface area contributed by atoms with Crippen LogP contribution in [0.3, 0.4) is 0 Å². The maximum Gasteiger partial charge on any atom is 0.336 e. The lowest BCUT2D eigenvalue weighted by molar-refractivity contribution is -0.116. The number of benzene rings is 3. The molecule has 1 aromatic heterocycles. The number of nitrogens with zero attached hydrogens (tertiary/aromatic N) is 3. The minimum atomic E-state index is -0.358. The SMILES string of the molecule is CCOc1nc(-c2cccc(F)c2)n(-c2ccc(NC(=O)CCc3ccccc3)cc2)n1. The standard InChI is InChI=1S/C25H23FN4O2/c1-2-32-25-28-24(19-9-6-10-20(26)17-19)30(29-25)22-14-12-21(13-15-22)27-23(31)16-11-18-7-4-3-5-8-18/h3-10,12-15,17H,2,11,16H2,1H3,(H,27,31). The summed E-state index contributed by atoms with van der Waals surface area (Å²) in [6.07, 6.45) is 1.08.